The first kappa shape index (κ1) is 19.0. The van der Waals surface area contributed by atoms with Crippen molar-refractivity contribution in [1.29, 1.82) is 0 Å². The summed E-state index contributed by atoms with van der Waals surface area (Å²) in [6.45, 7) is 4.40. The Morgan fingerprint density at radius 2 is 1.64 bits per heavy atom. The van der Waals surface area contributed by atoms with Gasteiger partial charge in [-0.2, -0.15) is 0 Å². The van der Waals surface area contributed by atoms with Gasteiger partial charge in [-0.25, -0.2) is 0 Å². The number of aryl methyl sites for hydroxylation is 2. The lowest BCUT2D eigenvalue weighted by molar-refractivity contribution is 0.0935. The molecular formula is C25H32N2O. The van der Waals surface area contributed by atoms with Crippen molar-refractivity contribution in [2.45, 2.75) is 64.3 Å². The average molecular weight is 377 g/mol. The first-order valence-electron chi connectivity index (χ1n) is 11.0. The highest BCUT2D eigenvalue weighted by Gasteiger charge is 2.17. The molecule has 1 saturated heterocycles. The molecule has 3 heteroatoms. The van der Waals surface area contributed by atoms with E-state index in [1.54, 1.807) is 0 Å². The average Bonchev–Trinajstić information content (AvgIpc) is 2.77. The second-order valence-electron chi connectivity index (χ2n) is 8.26. The van der Waals surface area contributed by atoms with Gasteiger partial charge in [0.1, 0.15) is 0 Å². The van der Waals surface area contributed by atoms with Crippen molar-refractivity contribution in [1.82, 2.24) is 5.32 Å². The van der Waals surface area contributed by atoms with Crippen LogP contribution in [0.4, 0.5) is 5.69 Å². The molecule has 28 heavy (non-hydrogen) atoms. The minimum atomic E-state index is 0.0229. The number of anilines is 1. The van der Waals surface area contributed by atoms with Gasteiger partial charge < -0.3 is 10.2 Å². The molecule has 0 aromatic heterocycles. The van der Waals surface area contributed by atoms with Crippen LogP contribution >= 0.6 is 0 Å². The van der Waals surface area contributed by atoms with Crippen molar-refractivity contribution >= 4 is 11.6 Å². The number of nitrogens with one attached hydrogen (secondary N) is 1. The van der Waals surface area contributed by atoms with Crippen LogP contribution in [-0.2, 0) is 12.8 Å². The molecule has 1 N–H and O–H groups in total. The molecule has 2 aromatic rings. The number of carbonyl (C=O) groups excluding carboxylic acids is 1. The van der Waals surface area contributed by atoms with Crippen LogP contribution in [0.3, 0.4) is 0 Å². The minimum Gasteiger partial charge on any atom is -0.372 e. The van der Waals surface area contributed by atoms with E-state index in [0.717, 1.165) is 25.1 Å². The van der Waals surface area contributed by atoms with Gasteiger partial charge >= 0.3 is 0 Å². The number of hydrogen-bond donors (Lipinski definition) is 1. The Balaban J connectivity index is 1.44. The van der Waals surface area contributed by atoms with Gasteiger partial charge in [-0.15, -0.1) is 0 Å². The number of hydrogen-bond acceptors (Lipinski definition) is 2. The Bertz CT molecular complexity index is 806. The van der Waals surface area contributed by atoms with Crippen LogP contribution in [0.25, 0.3) is 0 Å². The Kier molecular flexibility index (Phi) is 5.99. The summed E-state index contributed by atoms with van der Waals surface area (Å²) in [6.07, 6.45) is 9.71. The van der Waals surface area contributed by atoms with Crippen LogP contribution in [0, 0.1) is 0 Å². The van der Waals surface area contributed by atoms with Crippen molar-refractivity contribution in [3.63, 3.8) is 0 Å². The van der Waals surface area contributed by atoms with E-state index in [1.165, 1.54) is 67.3 Å². The SMILES string of the molecule is CC[C@@H](NC(=O)c1ccc(N2CCCCC2)cc1)c1ccc2c(c1)CCCC2. The van der Waals surface area contributed by atoms with E-state index in [0.29, 0.717) is 0 Å². The third-order valence-electron chi connectivity index (χ3n) is 6.34. The third kappa shape index (κ3) is 4.24. The van der Waals surface area contributed by atoms with E-state index >= 15 is 0 Å². The number of carbonyl (C=O) groups is 1. The molecule has 0 radical (unpaired) electrons. The number of fused-ring (bicyclic) bond motifs is 1. The summed E-state index contributed by atoms with van der Waals surface area (Å²) in [5.74, 6) is 0.0229. The van der Waals surface area contributed by atoms with E-state index in [2.05, 4.69) is 47.5 Å². The Morgan fingerprint density at radius 1 is 0.929 bits per heavy atom. The highest BCUT2D eigenvalue weighted by Crippen LogP contribution is 2.26. The zero-order valence-electron chi connectivity index (χ0n) is 17.0. The van der Waals surface area contributed by atoms with Gasteiger partial charge in [-0.05, 0) is 92.3 Å². The molecule has 0 unspecified atom stereocenters. The van der Waals surface area contributed by atoms with E-state index in [9.17, 15) is 4.79 Å². The van der Waals surface area contributed by atoms with Crippen molar-refractivity contribution < 1.29 is 4.79 Å². The summed E-state index contributed by atoms with van der Waals surface area (Å²) < 4.78 is 0. The first-order chi connectivity index (χ1) is 13.7. The number of rotatable bonds is 5. The minimum absolute atomic E-state index is 0.0229. The molecule has 1 atom stereocenters. The van der Waals surface area contributed by atoms with Crippen molar-refractivity contribution in [2.24, 2.45) is 0 Å². The predicted molar refractivity (Wildman–Crippen MR) is 116 cm³/mol. The number of amides is 1. The van der Waals surface area contributed by atoms with Gasteiger partial charge in [0.05, 0.1) is 6.04 Å². The van der Waals surface area contributed by atoms with Crippen LogP contribution in [0.1, 0.15) is 78.5 Å². The Morgan fingerprint density at radius 3 is 2.36 bits per heavy atom. The molecule has 4 rings (SSSR count). The number of piperidine rings is 1. The van der Waals surface area contributed by atoms with Gasteiger partial charge in [-0.3, -0.25) is 4.79 Å². The van der Waals surface area contributed by atoms with Crippen LogP contribution in [0.5, 0.6) is 0 Å². The van der Waals surface area contributed by atoms with E-state index < -0.39 is 0 Å². The number of benzene rings is 2. The first-order valence-corrected chi connectivity index (χ1v) is 11.0. The topological polar surface area (TPSA) is 32.3 Å². The molecule has 2 aliphatic rings. The van der Waals surface area contributed by atoms with Gasteiger partial charge in [0, 0.05) is 24.3 Å². The third-order valence-corrected chi connectivity index (χ3v) is 6.34. The van der Waals surface area contributed by atoms with Crippen molar-refractivity contribution in [3.05, 3.63) is 64.7 Å². The van der Waals surface area contributed by atoms with Gasteiger partial charge in [0.2, 0.25) is 0 Å². The normalized spacial score (nSPS) is 17.7. The summed E-state index contributed by atoms with van der Waals surface area (Å²) in [7, 11) is 0. The quantitative estimate of drug-likeness (QED) is 0.754. The summed E-state index contributed by atoms with van der Waals surface area (Å²) in [4.78, 5) is 15.3. The zero-order chi connectivity index (χ0) is 19.3. The Labute approximate surface area is 169 Å². The molecule has 1 aliphatic carbocycles. The lowest BCUT2D eigenvalue weighted by Crippen LogP contribution is -2.30. The van der Waals surface area contributed by atoms with Gasteiger partial charge in [0.25, 0.3) is 5.91 Å². The molecular weight excluding hydrogens is 344 g/mol. The second-order valence-corrected chi connectivity index (χ2v) is 8.26. The van der Waals surface area contributed by atoms with Crippen LogP contribution in [0.2, 0.25) is 0 Å². The number of nitrogens with zero attached hydrogens (tertiary/aromatic N) is 1. The largest absolute Gasteiger partial charge is 0.372 e. The molecule has 2 aromatic carbocycles. The van der Waals surface area contributed by atoms with Crippen molar-refractivity contribution in [3.8, 4) is 0 Å². The maximum absolute atomic E-state index is 12.8. The van der Waals surface area contributed by atoms with Gasteiger partial charge in [0.15, 0.2) is 0 Å². The summed E-state index contributed by atoms with van der Waals surface area (Å²) in [5, 5.41) is 3.25. The fourth-order valence-corrected chi connectivity index (χ4v) is 4.61. The van der Waals surface area contributed by atoms with Gasteiger partial charge in [-0.1, -0.05) is 25.1 Å². The molecule has 1 aliphatic heterocycles. The second kappa shape index (κ2) is 8.81. The fraction of sp³-hybridized carbons (Fsp3) is 0.480. The summed E-state index contributed by atoms with van der Waals surface area (Å²) in [6, 6.07) is 15.0. The van der Waals surface area contributed by atoms with Crippen LogP contribution in [-0.4, -0.2) is 19.0 Å². The molecule has 0 saturated carbocycles. The summed E-state index contributed by atoms with van der Waals surface area (Å²) in [5.41, 5.74) is 6.18. The maximum Gasteiger partial charge on any atom is 0.251 e. The zero-order valence-corrected chi connectivity index (χ0v) is 17.0. The van der Waals surface area contributed by atoms with E-state index in [-0.39, 0.29) is 11.9 Å². The van der Waals surface area contributed by atoms with E-state index in [4.69, 9.17) is 0 Å². The molecule has 1 heterocycles. The smallest absolute Gasteiger partial charge is 0.251 e. The van der Waals surface area contributed by atoms with Crippen molar-refractivity contribution in [2.75, 3.05) is 18.0 Å². The molecule has 1 amide bonds. The maximum atomic E-state index is 12.8. The molecule has 1 fully saturated rings. The highest BCUT2D eigenvalue weighted by atomic mass is 16.1. The molecule has 3 nitrogen and oxygen atoms in total. The predicted octanol–water partition coefficient (Wildman–Crippen LogP) is 5.44. The van der Waals surface area contributed by atoms with E-state index in [1.807, 2.05) is 12.1 Å². The lowest BCUT2D eigenvalue weighted by atomic mass is 9.88. The van der Waals surface area contributed by atoms with Crippen LogP contribution in [0.15, 0.2) is 42.5 Å². The molecule has 0 bridgehead atoms. The molecule has 0 spiro atoms. The standard InChI is InChI=1S/C25H32N2O/c1-2-24(22-11-10-19-8-4-5-9-21(19)18-22)26-25(28)20-12-14-23(15-13-20)27-16-6-3-7-17-27/h10-15,18,24H,2-9,16-17H2,1H3,(H,26,28)/t24-/m1/s1. The molecule has 148 valence electrons. The van der Waals surface area contributed by atoms with Crippen LogP contribution < -0.4 is 10.2 Å². The Hall–Kier alpha value is -2.29. The lowest BCUT2D eigenvalue weighted by Gasteiger charge is -2.28. The highest BCUT2D eigenvalue weighted by molar-refractivity contribution is 5.94. The fourth-order valence-electron chi connectivity index (χ4n) is 4.61. The monoisotopic (exact) mass is 376 g/mol. The summed E-state index contributed by atoms with van der Waals surface area (Å²) >= 11 is 0.